The molecule has 0 radical (unpaired) electrons. The Morgan fingerprint density at radius 3 is 2.42 bits per heavy atom. The number of methoxy groups -OCH3 is 1. The van der Waals surface area contributed by atoms with Gasteiger partial charge in [0.15, 0.2) is 0 Å². The molecule has 0 unspecified atom stereocenters. The number of anilines is 1. The quantitative estimate of drug-likeness (QED) is 0.870. The molecule has 0 saturated carbocycles. The van der Waals surface area contributed by atoms with Gasteiger partial charge in [-0.05, 0) is 61.7 Å². The summed E-state index contributed by atoms with van der Waals surface area (Å²) < 4.78 is 32.9. The molecule has 5 nitrogen and oxygen atoms in total. The molecule has 0 atom stereocenters. The van der Waals surface area contributed by atoms with Crippen molar-refractivity contribution in [2.45, 2.75) is 32.3 Å². The van der Waals surface area contributed by atoms with E-state index in [-0.39, 0.29) is 11.5 Å². The molecule has 24 heavy (non-hydrogen) atoms. The zero-order valence-corrected chi connectivity index (χ0v) is 15.2. The number of nitrogens with zero attached hydrogens (tertiary/aromatic N) is 1. The maximum Gasteiger partial charge on any atom is 0.264 e. The Hall–Kier alpha value is -2.05. The van der Waals surface area contributed by atoms with Crippen molar-refractivity contribution in [3.63, 3.8) is 0 Å². The highest BCUT2D eigenvalue weighted by Gasteiger charge is 2.26. The summed E-state index contributed by atoms with van der Waals surface area (Å²) in [5.74, 6) is 0.664. The van der Waals surface area contributed by atoms with E-state index in [0.29, 0.717) is 29.1 Å². The van der Waals surface area contributed by atoms with Crippen LogP contribution in [-0.2, 0) is 16.6 Å². The van der Waals surface area contributed by atoms with E-state index < -0.39 is 10.0 Å². The maximum absolute atomic E-state index is 13.2. The molecule has 6 heteroatoms. The van der Waals surface area contributed by atoms with Gasteiger partial charge in [-0.25, -0.2) is 8.42 Å². The summed E-state index contributed by atoms with van der Waals surface area (Å²) in [6, 6.07) is 10.3. The second kappa shape index (κ2) is 7.23. The van der Waals surface area contributed by atoms with E-state index in [1.807, 2.05) is 6.92 Å². The average molecular weight is 349 g/mol. The molecule has 130 valence electrons. The van der Waals surface area contributed by atoms with Crippen molar-refractivity contribution in [3.05, 3.63) is 53.1 Å². The lowest BCUT2D eigenvalue weighted by Crippen LogP contribution is -2.31. The summed E-state index contributed by atoms with van der Waals surface area (Å²) in [6.45, 7) is 5.52. The molecule has 2 aromatic carbocycles. The van der Waals surface area contributed by atoms with Gasteiger partial charge in [-0.1, -0.05) is 12.1 Å². The fourth-order valence-corrected chi connectivity index (χ4v) is 4.44. The fourth-order valence-electron chi connectivity index (χ4n) is 2.68. The molecule has 0 amide bonds. The minimum absolute atomic E-state index is 0.133. The summed E-state index contributed by atoms with van der Waals surface area (Å²) in [5.41, 5.74) is 2.61. The minimum atomic E-state index is -3.71. The van der Waals surface area contributed by atoms with Crippen LogP contribution >= 0.6 is 0 Å². The molecule has 0 spiro atoms. The first-order chi connectivity index (χ1) is 11.3. The second-order valence-corrected chi connectivity index (χ2v) is 7.42. The van der Waals surface area contributed by atoms with Crippen LogP contribution in [0.3, 0.4) is 0 Å². The van der Waals surface area contributed by atoms with Crippen LogP contribution in [0.4, 0.5) is 5.69 Å². The van der Waals surface area contributed by atoms with Gasteiger partial charge in [-0.2, -0.15) is 0 Å². The van der Waals surface area contributed by atoms with Crippen molar-refractivity contribution in [1.82, 2.24) is 0 Å². The number of sulfonamides is 1. The van der Waals surface area contributed by atoms with Crippen molar-refractivity contribution in [3.8, 4) is 5.75 Å². The fraction of sp³-hybridized carbons (Fsp3) is 0.333. The maximum atomic E-state index is 13.2. The van der Waals surface area contributed by atoms with E-state index in [1.54, 1.807) is 57.4 Å². The van der Waals surface area contributed by atoms with E-state index in [1.165, 1.54) is 4.31 Å². The summed E-state index contributed by atoms with van der Waals surface area (Å²) in [4.78, 5) is 0.261. The Kier molecular flexibility index (Phi) is 5.51. The molecule has 0 saturated heterocycles. The van der Waals surface area contributed by atoms with Crippen LogP contribution in [0.1, 0.15) is 23.6 Å². The highest BCUT2D eigenvalue weighted by Crippen LogP contribution is 2.30. The third-order valence-electron chi connectivity index (χ3n) is 3.93. The minimum Gasteiger partial charge on any atom is -0.496 e. The van der Waals surface area contributed by atoms with Gasteiger partial charge in [-0.15, -0.1) is 0 Å². The predicted molar refractivity (Wildman–Crippen MR) is 95.0 cm³/mol. The van der Waals surface area contributed by atoms with E-state index in [2.05, 4.69) is 0 Å². The standard InChI is InChI=1S/C18H23NO4S/c1-5-19(16-8-6-7-15(11-16)12-20)24(21,22)18-10-13(2)17(23-4)9-14(18)3/h6-11,20H,5,12H2,1-4H3. The van der Waals surface area contributed by atoms with E-state index in [4.69, 9.17) is 4.74 Å². The second-order valence-electron chi connectivity index (χ2n) is 5.59. The molecule has 0 aromatic heterocycles. The van der Waals surface area contributed by atoms with Gasteiger partial charge in [0, 0.05) is 6.54 Å². The first-order valence-corrected chi connectivity index (χ1v) is 9.17. The number of aryl methyl sites for hydroxylation is 2. The summed E-state index contributed by atoms with van der Waals surface area (Å²) in [6.07, 6.45) is 0. The molecule has 2 rings (SSSR count). The van der Waals surface area contributed by atoms with Gasteiger partial charge in [0.2, 0.25) is 0 Å². The van der Waals surface area contributed by atoms with Gasteiger partial charge in [0.1, 0.15) is 5.75 Å². The van der Waals surface area contributed by atoms with Crippen molar-refractivity contribution >= 4 is 15.7 Å². The molecule has 1 N–H and O–H groups in total. The number of hydrogen-bond donors (Lipinski definition) is 1. The van der Waals surface area contributed by atoms with Crippen LogP contribution in [0.2, 0.25) is 0 Å². The summed E-state index contributed by atoms with van der Waals surface area (Å²) in [5, 5.41) is 9.29. The lowest BCUT2D eigenvalue weighted by Gasteiger charge is -2.25. The van der Waals surface area contributed by atoms with Crippen molar-refractivity contribution in [1.29, 1.82) is 0 Å². The lowest BCUT2D eigenvalue weighted by atomic mass is 10.1. The molecule has 0 bridgehead atoms. The van der Waals surface area contributed by atoms with Gasteiger partial charge < -0.3 is 9.84 Å². The van der Waals surface area contributed by atoms with E-state index in [0.717, 1.165) is 5.56 Å². The van der Waals surface area contributed by atoms with Crippen LogP contribution in [0.5, 0.6) is 5.75 Å². The largest absolute Gasteiger partial charge is 0.496 e. The van der Waals surface area contributed by atoms with Crippen molar-refractivity contribution in [2.24, 2.45) is 0 Å². The SMILES string of the molecule is CCN(c1cccc(CO)c1)S(=O)(=O)c1cc(C)c(OC)cc1C. The Morgan fingerprint density at radius 2 is 1.83 bits per heavy atom. The lowest BCUT2D eigenvalue weighted by molar-refractivity contribution is 0.282. The first-order valence-electron chi connectivity index (χ1n) is 7.73. The Balaban J connectivity index is 2.57. The Morgan fingerprint density at radius 1 is 1.12 bits per heavy atom. The Labute approximate surface area is 143 Å². The zero-order chi connectivity index (χ0) is 17.9. The third-order valence-corrected chi connectivity index (χ3v) is 5.97. The normalized spacial score (nSPS) is 11.4. The van der Waals surface area contributed by atoms with Crippen LogP contribution in [0.15, 0.2) is 41.3 Å². The zero-order valence-electron chi connectivity index (χ0n) is 14.4. The number of ether oxygens (including phenoxy) is 1. The number of benzene rings is 2. The molecule has 0 aliphatic heterocycles. The molecule has 0 heterocycles. The number of rotatable bonds is 6. The van der Waals surface area contributed by atoms with Gasteiger partial charge in [0.25, 0.3) is 10.0 Å². The monoisotopic (exact) mass is 349 g/mol. The molecule has 2 aromatic rings. The molecular formula is C18H23NO4S. The van der Waals surface area contributed by atoms with Crippen LogP contribution in [0, 0.1) is 13.8 Å². The predicted octanol–water partition coefficient (Wildman–Crippen LogP) is 3.02. The molecular weight excluding hydrogens is 326 g/mol. The molecule has 0 aliphatic carbocycles. The summed E-state index contributed by atoms with van der Waals surface area (Å²) >= 11 is 0. The molecule has 0 aliphatic rings. The van der Waals surface area contributed by atoms with E-state index >= 15 is 0 Å². The molecule has 0 fully saturated rings. The van der Waals surface area contributed by atoms with Gasteiger partial charge >= 0.3 is 0 Å². The van der Waals surface area contributed by atoms with E-state index in [9.17, 15) is 13.5 Å². The number of aliphatic hydroxyl groups is 1. The van der Waals surface area contributed by atoms with Crippen molar-refractivity contribution in [2.75, 3.05) is 18.0 Å². The number of aliphatic hydroxyl groups excluding tert-OH is 1. The van der Waals surface area contributed by atoms with Crippen LogP contribution in [-0.4, -0.2) is 27.2 Å². The highest BCUT2D eigenvalue weighted by atomic mass is 32.2. The smallest absolute Gasteiger partial charge is 0.264 e. The Bertz CT molecular complexity index is 831. The third kappa shape index (κ3) is 3.39. The van der Waals surface area contributed by atoms with Gasteiger partial charge in [0.05, 0.1) is 24.3 Å². The van der Waals surface area contributed by atoms with Crippen molar-refractivity contribution < 1.29 is 18.3 Å². The average Bonchev–Trinajstić information content (AvgIpc) is 2.57. The van der Waals surface area contributed by atoms with Gasteiger partial charge in [-0.3, -0.25) is 4.31 Å². The van der Waals surface area contributed by atoms with Crippen LogP contribution in [0.25, 0.3) is 0 Å². The first kappa shape index (κ1) is 18.3. The highest BCUT2D eigenvalue weighted by molar-refractivity contribution is 7.92. The number of hydrogen-bond acceptors (Lipinski definition) is 4. The van der Waals surface area contributed by atoms with Crippen LogP contribution < -0.4 is 9.04 Å². The summed E-state index contributed by atoms with van der Waals surface area (Å²) in [7, 11) is -2.15. The topological polar surface area (TPSA) is 66.8 Å².